The van der Waals surface area contributed by atoms with Crippen molar-refractivity contribution >= 4 is 16.8 Å². The molecule has 4 rings (SSSR count). The largest absolute Gasteiger partial charge is 0.206 e. The maximum absolute atomic E-state index is 14.7. The van der Waals surface area contributed by atoms with Gasteiger partial charge in [-0.25, -0.2) is 4.39 Å². The average molecular weight is 387 g/mol. The molecule has 0 nitrogen and oxygen atoms in total. The lowest BCUT2D eigenvalue weighted by Crippen LogP contribution is -2.13. The fourth-order valence-electron chi connectivity index (χ4n) is 4.94. The fourth-order valence-corrected chi connectivity index (χ4v) is 4.94. The lowest BCUT2D eigenvalue weighted by Gasteiger charge is -2.28. The molecule has 0 heterocycles. The number of rotatable bonds is 5. The minimum Gasteiger partial charge on any atom is -0.206 e. The van der Waals surface area contributed by atoms with Crippen LogP contribution in [0.2, 0.25) is 0 Å². The monoisotopic (exact) mass is 386 g/mol. The Morgan fingerprint density at radius 1 is 0.897 bits per heavy atom. The Morgan fingerprint density at radius 2 is 1.62 bits per heavy atom. The van der Waals surface area contributed by atoms with Crippen LogP contribution in [0.15, 0.2) is 60.7 Å². The van der Waals surface area contributed by atoms with Gasteiger partial charge in [0.15, 0.2) is 0 Å². The first-order chi connectivity index (χ1) is 14.2. The molecule has 1 fully saturated rings. The summed E-state index contributed by atoms with van der Waals surface area (Å²) < 4.78 is 14.7. The van der Waals surface area contributed by atoms with Gasteiger partial charge < -0.3 is 0 Å². The summed E-state index contributed by atoms with van der Waals surface area (Å²) in [5.74, 6) is 1.52. The lowest BCUT2D eigenvalue weighted by atomic mass is 9.77. The maximum Gasteiger partial charge on any atom is 0.138 e. The zero-order valence-electron chi connectivity index (χ0n) is 17.6. The van der Waals surface area contributed by atoms with E-state index in [-0.39, 0.29) is 5.82 Å². The first kappa shape index (κ1) is 19.9. The highest BCUT2D eigenvalue weighted by atomic mass is 19.1. The van der Waals surface area contributed by atoms with Crippen molar-refractivity contribution in [1.29, 1.82) is 0 Å². The first-order valence-electron chi connectivity index (χ1n) is 11.1. The molecular formula is C28H31F. The molecular weight excluding hydrogens is 355 g/mol. The summed E-state index contributed by atoms with van der Waals surface area (Å²) in [7, 11) is 0. The van der Waals surface area contributed by atoms with Gasteiger partial charge in [0.05, 0.1) is 0 Å². The Balaban J connectivity index is 1.53. The van der Waals surface area contributed by atoms with Crippen LogP contribution in [0, 0.1) is 11.7 Å². The van der Waals surface area contributed by atoms with Crippen LogP contribution in [-0.2, 0) is 0 Å². The highest BCUT2D eigenvalue weighted by Gasteiger charge is 2.21. The van der Waals surface area contributed by atoms with Crippen LogP contribution >= 0.6 is 0 Å². The third-order valence-corrected chi connectivity index (χ3v) is 6.59. The Bertz CT molecular complexity index is 989. The molecule has 0 unspecified atom stereocenters. The molecule has 0 atom stereocenters. The Morgan fingerprint density at radius 3 is 2.31 bits per heavy atom. The molecule has 0 radical (unpaired) electrons. The molecule has 0 aromatic heterocycles. The molecule has 29 heavy (non-hydrogen) atoms. The second-order valence-electron chi connectivity index (χ2n) is 8.53. The summed E-state index contributed by atoms with van der Waals surface area (Å²) in [5.41, 5.74) is 4.47. The summed E-state index contributed by atoms with van der Waals surface area (Å²) >= 11 is 0. The Hall–Kier alpha value is -2.41. The molecule has 0 N–H and O–H groups in total. The van der Waals surface area contributed by atoms with Crippen LogP contribution in [0.5, 0.6) is 0 Å². The van der Waals surface area contributed by atoms with E-state index in [4.69, 9.17) is 0 Å². The van der Waals surface area contributed by atoms with Gasteiger partial charge in [-0.05, 0) is 72.6 Å². The van der Waals surface area contributed by atoms with E-state index in [1.807, 2.05) is 43.3 Å². The van der Waals surface area contributed by atoms with Crippen molar-refractivity contribution in [3.8, 4) is 11.1 Å². The lowest BCUT2D eigenvalue weighted by molar-refractivity contribution is 0.308. The molecule has 150 valence electrons. The zero-order valence-corrected chi connectivity index (χ0v) is 17.6. The van der Waals surface area contributed by atoms with Crippen LogP contribution in [0.25, 0.3) is 28.0 Å². The fraction of sp³-hybridized carbons (Fsp3) is 0.357. The topological polar surface area (TPSA) is 0 Å². The van der Waals surface area contributed by atoms with E-state index in [0.29, 0.717) is 16.9 Å². The first-order valence-corrected chi connectivity index (χ1v) is 11.1. The minimum absolute atomic E-state index is 0.138. The highest BCUT2D eigenvalue weighted by molar-refractivity contribution is 5.89. The normalized spacial score (nSPS) is 19.8. The van der Waals surface area contributed by atoms with Gasteiger partial charge in [-0.1, -0.05) is 80.4 Å². The second kappa shape index (κ2) is 8.95. The Labute approximate surface area is 174 Å². The summed E-state index contributed by atoms with van der Waals surface area (Å²) in [6.07, 6.45) is 11.8. The molecule has 3 aromatic carbocycles. The van der Waals surface area contributed by atoms with E-state index >= 15 is 0 Å². The summed E-state index contributed by atoms with van der Waals surface area (Å²) in [6, 6.07) is 19.0. The quantitative estimate of drug-likeness (QED) is 0.411. The van der Waals surface area contributed by atoms with E-state index in [1.54, 1.807) is 0 Å². The molecule has 3 aromatic rings. The Kier molecular flexibility index (Phi) is 6.13. The third-order valence-electron chi connectivity index (χ3n) is 6.59. The SMILES string of the molecule is C/C=C/c1ccc2cc(-c3ccc(C4CCC(CCC)CC4)cc3)ccc2c1F. The molecule has 0 spiro atoms. The van der Waals surface area contributed by atoms with Gasteiger partial charge in [0.25, 0.3) is 0 Å². The predicted octanol–water partition coefficient (Wildman–Crippen LogP) is 8.75. The van der Waals surface area contributed by atoms with Crippen LogP contribution in [0.4, 0.5) is 4.39 Å². The van der Waals surface area contributed by atoms with E-state index in [0.717, 1.165) is 16.9 Å². The van der Waals surface area contributed by atoms with Gasteiger partial charge in [0.1, 0.15) is 5.82 Å². The maximum atomic E-state index is 14.7. The number of benzene rings is 3. The predicted molar refractivity (Wildman–Crippen MR) is 124 cm³/mol. The summed E-state index contributed by atoms with van der Waals surface area (Å²) in [4.78, 5) is 0. The van der Waals surface area contributed by atoms with Crippen molar-refractivity contribution in [2.24, 2.45) is 5.92 Å². The van der Waals surface area contributed by atoms with E-state index < -0.39 is 0 Å². The van der Waals surface area contributed by atoms with Crippen molar-refractivity contribution in [2.45, 2.75) is 58.3 Å². The average Bonchev–Trinajstić information content (AvgIpc) is 2.76. The van der Waals surface area contributed by atoms with Crippen molar-refractivity contribution in [3.63, 3.8) is 0 Å². The van der Waals surface area contributed by atoms with Gasteiger partial charge in [-0.2, -0.15) is 0 Å². The minimum atomic E-state index is -0.138. The van der Waals surface area contributed by atoms with Crippen LogP contribution < -0.4 is 0 Å². The molecule has 1 aliphatic rings. The van der Waals surface area contributed by atoms with E-state index in [9.17, 15) is 4.39 Å². The van der Waals surface area contributed by atoms with Gasteiger partial charge >= 0.3 is 0 Å². The number of hydrogen-bond acceptors (Lipinski definition) is 0. The smallest absolute Gasteiger partial charge is 0.138 e. The van der Waals surface area contributed by atoms with Gasteiger partial charge in [-0.3, -0.25) is 0 Å². The molecule has 1 heteroatoms. The molecule has 1 aliphatic carbocycles. The summed E-state index contributed by atoms with van der Waals surface area (Å²) in [5, 5.41) is 1.64. The number of halogens is 1. The van der Waals surface area contributed by atoms with E-state index in [1.165, 1.54) is 49.7 Å². The zero-order chi connectivity index (χ0) is 20.2. The highest BCUT2D eigenvalue weighted by Crippen LogP contribution is 2.38. The number of fused-ring (bicyclic) bond motifs is 1. The van der Waals surface area contributed by atoms with Crippen molar-refractivity contribution < 1.29 is 4.39 Å². The van der Waals surface area contributed by atoms with Crippen molar-refractivity contribution in [3.05, 3.63) is 77.6 Å². The standard InChI is InChI=1S/C28H31F/c1-3-5-20-7-9-21(10-8-20)22-11-13-23(14-12-22)25-17-18-27-26(19-25)16-15-24(6-4-2)28(27)29/h4,6,11-21H,3,5,7-10H2,1-2H3/b6-4+. The molecule has 1 saturated carbocycles. The van der Waals surface area contributed by atoms with Gasteiger partial charge in [0, 0.05) is 10.9 Å². The van der Waals surface area contributed by atoms with Crippen LogP contribution in [0.3, 0.4) is 0 Å². The van der Waals surface area contributed by atoms with Crippen LogP contribution in [-0.4, -0.2) is 0 Å². The third kappa shape index (κ3) is 4.29. The van der Waals surface area contributed by atoms with Gasteiger partial charge in [0.2, 0.25) is 0 Å². The molecule has 0 amide bonds. The van der Waals surface area contributed by atoms with Crippen molar-refractivity contribution in [2.75, 3.05) is 0 Å². The molecule has 0 aliphatic heterocycles. The van der Waals surface area contributed by atoms with Crippen LogP contribution in [0.1, 0.15) is 69.4 Å². The second-order valence-corrected chi connectivity index (χ2v) is 8.53. The number of hydrogen-bond donors (Lipinski definition) is 0. The number of allylic oxidation sites excluding steroid dienone is 1. The molecule has 0 bridgehead atoms. The van der Waals surface area contributed by atoms with Gasteiger partial charge in [-0.15, -0.1) is 0 Å². The summed E-state index contributed by atoms with van der Waals surface area (Å²) in [6.45, 7) is 4.21. The molecule has 0 saturated heterocycles. The van der Waals surface area contributed by atoms with Crippen molar-refractivity contribution in [1.82, 2.24) is 0 Å². The van der Waals surface area contributed by atoms with E-state index in [2.05, 4.69) is 37.3 Å².